The van der Waals surface area contributed by atoms with E-state index in [1.54, 1.807) is 12.1 Å². The molecule has 0 bridgehead atoms. The standard InChI is InChI=1S/C17H23NO4/c1-4-11(2)18-9-14(20)10-21-15-7-5-6-13-8-16(12(3)19)22-17(13)15/h5-8,11,14,18,20H,4,9-10H2,1-3H3/t11-,14+/m0/s1. The number of fused-ring (bicyclic) bond motifs is 1. The number of hydrogen-bond donors (Lipinski definition) is 2. The quantitative estimate of drug-likeness (QED) is 0.734. The molecule has 120 valence electrons. The molecule has 1 heterocycles. The van der Waals surface area contributed by atoms with Crippen LogP contribution < -0.4 is 10.1 Å². The summed E-state index contributed by atoms with van der Waals surface area (Å²) in [5.74, 6) is 0.720. The second kappa shape index (κ2) is 7.42. The van der Waals surface area contributed by atoms with Crippen molar-refractivity contribution in [1.82, 2.24) is 5.32 Å². The van der Waals surface area contributed by atoms with E-state index in [0.717, 1.165) is 11.8 Å². The van der Waals surface area contributed by atoms with E-state index in [2.05, 4.69) is 19.2 Å². The molecule has 0 aliphatic rings. The molecule has 0 amide bonds. The monoisotopic (exact) mass is 305 g/mol. The molecule has 0 aliphatic carbocycles. The lowest BCUT2D eigenvalue weighted by molar-refractivity contribution is 0.0984. The van der Waals surface area contributed by atoms with Gasteiger partial charge in [-0.3, -0.25) is 4.79 Å². The van der Waals surface area contributed by atoms with E-state index in [9.17, 15) is 9.90 Å². The Kier molecular flexibility index (Phi) is 5.57. The van der Waals surface area contributed by atoms with Crippen molar-refractivity contribution in [3.05, 3.63) is 30.0 Å². The number of Topliss-reactive ketones (excluding diaryl/α,β-unsaturated/α-hetero) is 1. The van der Waals surface area contributed by atoms with Crippen LogP contribution in [0.25, 0.3) is 11.0 Å². The van der Waals surface area contributed by atoms with E-state index < -0.39 is 6.10 Å². The Morgan fingerprint density at radius 1 is 1.45 bits per heavy atom. The largest absolute Gasteiger partial charge is 0.487 e. The van der Waals surface area contributed by atoms with Crippen molar-refractivity contribution < 1.29 is 19.1 Å². The van der Waals surface area contributed by atoms with Crippen LogP contribution in [0.4, 0.5) is 0 Å². The van der Waals surface area contributed by atoms with Gasteiger partial charge in [0.2, 0.25) is 0 Å². The van der Waals surface area contributed by atoms with Crippen LogP contribution in [0.5, 0.6) is 5.75 Å². The minimum Gasteiger partial charge on any atom is -0.487 e. The molecular formula is C17H23NO4. The second-order valence-electron chi connectivity index (χ2n) is 5.52. The fourth-order valence-corrected chi connectivity index (χ4v) is 2.05. The van der Waals surface area contributed by atoms with Gasteiger partial charge in [0.1, 0.15) is 12.7 Å². The zero-order valence-corrected chi connectivity index (χ0v) is 13.3. The van der Waals surface area contributed by atoms with Gasteiger partial charge in [0.15, 0.2) is 22.9 Å². The third kappa shape index (κ3) is 4.08. The minimum absolute atomic E-state index is 0.125. The second-order valence-corrected chi connectivity index (χ2v) is 5.52. The van der Waals surface area contributed by atoms with E-state index >= 15 is 0 Å². The summed E-state index contributed by atoms with van der Waals surface area (Å²) in [4.78, 5) is 11.4. The first-order chi connectivity index (χ1) is 10.5. The highest BCUT2D eigenvalue weighted by Gasteiger charge is 2.13. The third-order valence-electron chi connectivity index (χ3n) is 3.60. The van der Waals surface area contributed by atoms with Crippen LogP contribution >= 0.6 is 0 Å². The molecule has 0 saturated heterocycles. The number of aliphatic hydroxyl groups excluding tert-OH is 1. The summed E-state index contributed by atoms with van der Waals surface area (Å²) in [7, 11) is 0. The SMILES string of the molecule is CC[C@H](C)NC[C@@H](O)COc1cccc2cc(C(C)=O)oc12. The van der Waals surface area contributed by atoms with E-state index in [-0.39, 0.29) is 12.4 Å². The van der Waals surface area contributed by atoms with E-state index in [1.165, 1.54) is 6.92 Å². The topological polar surface area (TPSA) is 71.7 Å². The Morgan fingerprint density at radius 3 is 2.91 bits per heavy atom. The fraction of sp³-hybridized carbons (Fsp3) is 0.471. The number of ether oxygens (including phenoxy) is 1. The molecule has 2 aromatic rings. The van der Waals surface area contributed by atoms with Crippen LogP contribution in [0.3, 0.4) is 0 Å². The summed E-state index contributed by atoms with van der Waals surface area (Å²) >= 11 is 0. The number of rotatable bonds is 8. The van der Waals surface area contributed by atoms with Crippen molar-refractivity contribution in [2.75, 3.05) is 13.2 Å². The molecular weight excluding hydrogens is 282 g/mol. The Balaban J connectivity index is 2.00. The zero-order chi connectivity index (χ0) is 16.1. The molecule has 2 rings (SSSR count). The molecule has 2 atom stereocenters. The van der Waals surface area contributed by atoms with Gasteiger partial charge in [-0.25, -0.2) is 0 Å². The molecule has 5 heteroatoms. The van der Waals surface area contributed by atoms with Crippen molar-refractivity contribution in [2.24, 2.45) is 0 Å². The lowest BCUT2D eigenvalue weighted by Gasteiger charge is -2.16. The Bertz CT molecular complexity index is 635. The van der Waals surface area contributed by atoms with Crippen LogP contribution in [0.2, 0.25) is 0 Å². The van der Waals surface area contributed by atoms with Crippen LogP contribution in [0.1, 0.15) is 37.7 Å². The number of ketones is 1. The third-order valence-corrected chi connectivity index (χ3v) is 3.60. The number of nitrogens with one attached hydrogen (secondary N) is 1. The lowest BCUT2D eigenvalue weighted by atomic mass is 10.2. The predicted octanol–water partition coefficient (Wildman–Crippen LogP) is 2.76. The molecule has 0 spiro atoms. The first-order valence-electron chi connectivity index (χ1n) is 7.59. The van der Waals surface area contributed by atoms with Gasteiger partial charge < -0.3 is 19.6 Å². The van der Waals surface area contributed by atoms with E-state index in [0.29, 0.717) is 29.7 Å². The van der Waals surface area contributed by atoms with Gasteiger partial charge in [-0.05, 0) is 25.5 Å². The molecule has 0 radical (unpaired) electrons. The maximum atomic E-state index is 11.4. The van der Waals surface area contributed by atoms with Crippen LogP contribution in [-0.2, 0) is 0 Å². The number of carbonyl (C=O) groups is 1. The van der Waals surface area contributed by atoms with Crippen molar-refractivity contribution >= 4 is 16.8 Å². The molecule has 1 aromatic carbocycles. The first kappa shape index (κ1) is 16.5. The lowest BCUT2D eigenvalue weighted by Crippen LogP contribution is -2.36. The summed E-state index contributed by atoms with van der Waals surface area (Å²) in [6.07, 6.45) is 0.402. The van der Waals surface area contributed by atoms with Gasteiger partial charge in [0.05, 0.1) is 0 Å². The van der Waals surface area contributed by atoms with Crippen molar-refractivity contribution in [1.29, 1.82) is 0 Å². The van der Waals surface area contributed by atoms with Gasteiger partial charge >= 0.3 is 0 Å². The fourth-order valence-electron chi connectivity index (χ4n) is 2.05. The molecule has 0 saturated carbocycles. The summed E-state index contributed by atoms with van der Waals surface area (Å²) in [5, 5.41) is 14.0. The number of hydrogen-bond acceptors (Lipinski definition) is 5. The van der Waals surface area contributed by atoms with Gasteiger partial charge in [-0.15, -0.1) is 0 Å². The van der Waals surface area contributed by atoms with Crippen LogP contribution in [0.15, 0.2) is 28.7 Å². The van der Waals surface area contributed by atoms with E-state index in [4.69, 9.17) is 9.15 Å². The predicted molar refractivity (Wildman–Crippen MR) is 85.5 cm³/mol. The molecule has 2 N–H and O–H groups in total. The van der Waals surface area contributed by atoms with Gasteiger partial charge in [0.25, 0.3) is 0 Å². The summed E-state index contributed by atoms with van der Waals surface area (Å²) in [5.41, 5.74) is 0.537. The maximum Gasteiger partial charge on any atom is 0.194 e. The highest BCUT2D eigenvalue weighted by atomic mass is 16.5. The zero-order valence-electron chi connectivity index (χ0n) is 13.3. The summed E-state index contributed by atoms with van der Waals surface area (Å²) < 4.78 is 11.2. The number of aliphatic hydroxyl groups is 1. The number of para-hydroxylation sites is 1. The van der Waals surface area contributed by atoms with Crippen molar-refractivity contribution in [2.45, 2.75) is 39.3 Å². The molecule has 22 heavy (non-hydrogen) atoms. The Labute approximate surface area is 130 Å². The van der Waals surface area contributed by atoms with Crippen LogP contribution in [0, 0.1) is 0 Å². The molecule has 5 nitrogen and oxygen atoms in total. The Hall–Kier alpha value is -1.85. The minimum atomic E-state index is -0.605. The smallest absolute Gasteiger partial charge is 0.194 e. The number of furan rings is 1. The van der Waals surface area contributed by atoms with Gasteiger partial charge in [-0.1, -0.05) is 19.1 Å². The van der Waals surface area contributed by atoms with Crippen molar-refractivity contribution in [3.63, 3.8) is 0 Å². The average Bonchev–Trinajstić information content (AvgIpc) is 2.95. The highest BCUT2D eigenvalue weighted by molar-refractivity contribution is 5.97. The van der Waals surface area contributed by atoms with E-state index in [1.807, 2.05) is 12.1 Å². The molecule has 0 unspecified atom stereocenters. The first-order valence-corrected chi connectivity index (χ1v) is 7.59. The number of benzene rings is 1. The normalized spacial score (nSPS) is 14.0. The maximum absolute atomic E-state index is 11.4. The van der Waals surface area contributed by atoms with Crippen LogP contribution in [-0.4, -0.2) is 36.2 Å². The van der Waals surface area contributed by atoms with Gasteiger partial charge in [0, 0.05) is 24.9 Å². The summed E-state index contributed by atoms with van der Waals surface area (Å²) in [6.45, 7) is 6.26. The van der Waals surface area contributed by atoms with Gasteiger partial charge in [-0.2, -0.15) is 0 Å². The number of carbonyl (C=O) groups excluding carboxylic acids is 1. The highest BCUT2D eigenvalue weighted by Crippen LogP contribution is 2.29. The summed E-state index contributed by atoms with van der Waals surface area (Å²) in [6, 6.07) is 7.52. The molecule has 1 aromatic heterocycles. The van der Waals surface area contributed by atoms with Crippen molar-refractivity contribution in [3.8, 4) is 5.75 Å². The molecule has 0 fully saturated rings. The molecule has 0 aliphatic heterocycles. The Morgan fingerprint density at radius 2 is 2.23 bits per heavy atom. The average molecular weight is 305 g/mol.